The monoisotopic (exact) mass is 293 g/mol. The number of aryl methyl sites for hydroxylation is 2. The summed E-state index contributed by atoms with van der Waals surface area (Å²) in [6, 6.07) is 18.3. The van der Waals surface area contributed by atoms with E-state index in [1.54, 1.807) is 0 Å². The standard InChI is InChI=1S/C20H23NO/c1-2-3-4-15-22-20-13-11-18(12-14-20)6-5-17-7-9-19(16-21)10-8-17/h7-14H,2-6,15H2,1H3. The highest BCUT2D eigenvalue weighted by molar-refractivity contribution is 5.32. The first-order valence-electron chi connectivity index (χ1n) is 8.02. The Labute approximate surface area is 133 Å². The van der Waals surface area contributed by atoms with E-state index in [-0.39, 0.29) is 0 Å². The number of nitrogens with zero attached hydrogens (tertiary/aromatic N) is 1. The predicted molar refractivity (Wildman–Crippen MR) is 90.0 cm³/mol. The van der Waals surface area contributed by atoms with E-state index in [1.165, 1.54) is 24.0 Å². The first kappa shape index (κ1) is 16.1. The molecule has 0 aromatic heterocycles. The molecule has 2 rings (SSSR count). The molecule has 0 heterocycles. The molecular weight excluding hydrogens is 270 g/mol. The molecule has 0 saturated heterocycles. The minimum atomic E-state index is 0.716. The van der Waals surface area contributed by atoms with Crippen molar-refractivity contribution in [3.8, 4) is 11.8 Å². The van der Waals surface area contributed by atoms with Gasteiger partial charge in [0.05, 0.1) is 18.2 Å². The second-order valence-electron chi connectivity index (χ2n) is 5.51. The number of benzene rings is 2. The lowest BCUT2D eigenvalue weighted by Gasteiger charge is -2.07. The van der Waals surface area contributed by atoms with Gasteiger partial charge in [0.25, 0.3) is 0 Å². The molecule has 2 aromatic carbocycles. The molecule has 0 fully saturated rings. The summed E-state index contributed by atoms with van der Waals surface area (Å²) >= 11 is 0. The Hall–Kier alpha value is -2.27. The zero-order chi connectivity index (χ0) is 15.6. The maximum atomic E-state index is 8.79. The van der Waals surface area contributed by atoms with Gasteiger partial charge in [0.2, 0.25) is 0 Å². The Bertz CT molecular complexity index is 593. The molecule has 0 N–H and O–H groups in total. The van der Waals surface area contributed by atoms with Crippen molar-refractivity contribution in [1.82, 2.24) is 0 Å². The first-order chi connectivity index (χ1) is 10.8. The largest absolute Gasteiger partial charge is 0.494 e. The van der Waals surface area contributed by atoms with Crippen LogP contribution in [0.25, 0.3) is 0 Å². The fourth-order valence-corrected chi connectivity index (χ4v) is 2.33. The van der Waals surface area contributed by atoms with E-state index in [0.29, 0.717) is 5.56 Å². The fourth-order valence-electron chi connectivity index (χ4n) is 2.33. The minimum absolute atomic E-state index is 0.716. The van der Waals surface area contributed by atoms with Crippen molar-refractivity contribution in [2.24, 2.45) is 0 Å². The average molecular weight is 293 g/mol. The predicted octanol–water partition coefficient (Wildman–Crippen LogP) is 4.91. The lowest BCUT2D eigenvalue weighted by atomic mass is 10.0. The average Bonchev–Trinajstić information content (AvgIpc) is 2.58. The van der Waals surface area contributed by atoms with Crippen molar-refractivity contribution in [2.75, 3.05) is 6.61 Å². The van der Waals surface area contributed by atoms with E-state index in [9.17, 15) is 0 Å². The Morgan fingerprint density at radius 2 is 1.45 bits per heavy atom. The van der Waals surface area contributed by atoms with Crippen molar-refractivity contribution in [2.45, 2.75) is 39.0 Å². The lowest BCUT2D eigenvalue weighted by Crippen LogP contribution is -1.97. The van der Waals surface area contributed by atoms with Gasteiger partial charge in [-0.1, -0.05) is 44.0 Å². The molecule has 22 heavy (non-hydrogen) atoms. The van der Waals surface area contributed by atoms with Crippen LogP contribution < -0.4 is 4.74 Å². The van der Waals surface area contributed by atoms with Crippen molar-refractivity contribution >= 4 is 0 Å². The quantitative estimate of drug-likeness (QED) is 0.648. The van der Waals surface area contributed by atoms with E-state index < -0.39 is 0 Å². The SMILES string of the molecule is CCCCCOc1ccc(CCc2ccc(C#N)cc2)cc1. The Morgan fingerprint density at radius 3 is 2.00 bits per heavy atom. The third kappa shape index (κ3) is 5.26. The molecular formula is C20H23NO. The van der Waals surface area contributed by atoms with E-state index >= 15 is 0 Å². The fraction of sp³-hybridized carbons (Fsp3) is 0.350. The molecule has 2 aromatic rings. The molecule has 0 unspecified atom stereocenters. The molecule has 2 nitrogen and oxygen atoms in total. The van der Waals surface area contributed by atoms with Crippen LogP contribution in [0.2, 0.25) is 0 Å². The Morgan fingerprint density at radius 1 is 0.864 bits per heavy atom. The van der Waals surface area contributed by atoms with E-state index in [1.807, 2.05) is 24.3 Å². The van der Waals surface area contributed by atoms with Gasteiger partial charge in [-0.25, -0.2) is 0 Å². The van der Waals surface area contributed by atoms with Crippen LogP contribution in [-0.4, -0.2) is 6.61 Å². The topological polar surface area (TPSA) is 33.0 Å². The molecule has 114 valence electrons. The molecule has 2 heteroatoms. The number of hydrogen-bond acceptors (Lipinski definition) is 2. The van der Waals surface area contributed by atoms with E-state index in [2.05, 4.69) is 37.3 Å². The van der Waals surface area contributed by atoms with Crippen LogP contribution >= 0.6 is 0 Å². The summed E-state index contributed by atoms with van der Waals surface area (Å²) in [6.07, 6.45) is 5.56. The van der Waals surface area contributed by atoms with Crippen molar-refractivity contribution in [3.05, 3.63) is 65.2 Å². The van der Waals surface area contributed by atoms with Gasteiger partial charge >= 0.3 is 0 Å². The zero-order valence-electron chi connectivity index (χ0n) is 13.2. The zero-order valence-corrected chi connectivity index (χ0v) is 13.2. The van der Waals surface area contributed by atoms with Crippen LogP contribution in [0.5, 0.6) is 5.75 Å². The Balaban J connectivity index is 1.79. The lowest BCUT2D eigenvalue weighted by molar-refractivity contribution is 0.306. The van der Waals surface area contributed by atoms with Gasteiger partial charge in [-0.15, -0.1) is 0 Å². The molecule has 0 aliphatic carbocycles. The van der Waals surface area contributed by atoms with Crippen LogP contribution in [0.15, 0.2) is 48.5 Å². The van der Waals surface area contributed by atoms with Gasteiger partial charge < -0.3 is 4.74 Å². The summed E-state index contributed by atoms with van der Waals surface area (Å²) in [5, 5.41) is 8.79. The molecule has 0 radical (unpaired) electrons. The highest BCUT2D eigenvalue weighted by atomic mass is 16.5. The summed E-state index contributed by atoms with van der Waals surface area (Å²) in [5.41, 5.74) is 3.29. The summed E-state index contributed by atoms with van der Waals surface area (Å²) in [4.78, 5) is 0. The van der Waals surface area contributed by atoms with Crippen molar-refractivity contribution < 1.29 is 4.74 Å². The summed E-state index contributed by atoms with van der Waals surface area (Å²) in [5.74, 6) is 0.957. The van der Waals surface area contributed by atoms with Gasteiger partial charge in [-0.3, -0.25) is 0 Å². The maximum Gasteiger partial charge on any atom is 0.119 e. The Kier molecular flexibility index (Phi) is 6.51. The number of hydrogen-bond donors (Lipinski definition) is 0. The molecule has 0 amide bonds. The summed E-state index contributed by atoms with van der Waals surface area (Å²) in [6.45, 7) is 3.00. The van der Waals surface area contributed by atoms with Crippen LogP contribution in [0.4, 0.5) is 0 Å². The van der Waals surface area contributed by atoms with Gasteiger partial charge in [0.1, 0.15) is 5.75 Å². The number of unbranched alkanes of at least 4 members (excludes halogenated alkanes) is 2. The normalized spacial score (nSPS) is 10.2. The molecule has 0 saturated carbocycles. The third-order valence-electron chi connectivity index (χ3n) is 3.73. The van der Waals surface area contributed by atoms with Crippen molar-refractivity contribution in [1.29, 1.82) is 5.26 Å². The number of ether oxygens (including phenoxy) is 1. The summed E-state index contributed by atoms with van der Waals surface area (Å²) < 4.78 is 5.72. The molecule has 0 aliphatic heterocycles. The van der Waals surface area contributed by atoms with E-state index in [4.69, 9.17) is 10.00 Å². The second-order valence-corrected chi connectivity index (χ2v) is 5.51. The van der Waals surface area contributed by atoms with E-state index in [0.717, 1.165) is 31.6 Å². The van der Waals surface area contributed by atoms with Crippen LogP contribution in [0, 0.1) is 11.3 Å². The molecule has 0 spiro atoms. The van der Waals surface area contributed by atoms with Gasteiger partial charge in [0.15, 0.2) is 0 Å². The molecule has 0 atom stereocenters. The van der Waals surface area contributed by atoms with Crippen LogP contribution in [0.3, 0.4) is 0 Å². The number of rotatable bonds is 8. The van der Waals surface area contributed by atoms with Gasteiger partial charge in [-0.05, 0) is 54.7 Å². The second kappa shape index (κ2) is 8.89. The highest BCUT2D eigenvalue weighted by Gasteiger charge is 1.99. The van der Waals surface area contributed by atoms with Gasteiger partial charge in [-0.2, -0.15) is 5.26 Å². The molecule has 0 aliphatic rings. The highest BCUT2D eigenvalue weighted by Crippen LogP contribution is 2.15. The smallest absolute Gasteiger partial charge is 0.119 e. The van der Waals surface area contributed by atoms with Crippen LogP contribution in [0.1, 0.15) is 42.9 Å². The van der Waals surface area contributed by atoms with Gasteiger partial charge in [0, 0.05) is 0 Å². The third-order valence-corrected chi connectivity index (χ3v) is 3.73. The maximum absolute atomic E-state index is 8.79. The molecule has 0 bridgehead atoms. The minimum Gasteiger partial charge on any atom is -0.494 e. The van der Waals surface area contributed by atoms with Crippen molar-refractivity contribution in [3.63, 3.8) is 0 Å². The summed E-state index contributed by atoms with van der Waals surface area (Å²) in [7, 11) is 0. The van der Waals surface area contributed by atoms with Crippen LogP contribution in [-0.2, 0) is 12.8 Å². The first-order valence-corrected chi connectivity index (χ1v) is 8.02. The number of nitriles is 1.